The maximum absolute atomic E-state index is 12.6. The van der Waals surface area contributed by atoms with Crippen molar-refractivity contribution in [2.24, 2.45) is 5.14 Å². The summed E-state index contributed by atoms with van der Waals surface area (Å²) in [5, 5.41) is 6.45. The van der Waals surface area contributed by atoms with E-state index in [0.717, 1.165) is 24.3 Å². The van der Waals surface area contributed by atoms with Gasteiger partial charge in [0.15, 0.2) is 0 Å². The number of rotatable bonds is 5. The number of halogens is 4. The zero-order valence-corrected chi connectivity index (χ0v) is 10.6. The number of primary sulfonamides is 1. The zero-order valence-electron chi connectivity index (χ0n) is 9.82. The highest BCUT2D eigenvalue weighted by molar-refractivity contribution is 7.89. The second kappa shape index (κ2) is 5.75. The quantitative estimate of drug-likeness (QED) is 0.794. The van der Waals surface area contributed by atoms with Crippen LogP contribution in [0.2, 0.25) is 0 Å². The number of nitrogens with one attached hydrogen (secondary N) is 1. The van der Waals surface area contributed by atoms with Gasteiger partial charge in [-0.2, -0.15) is 8.78 Å². The van der Waals surface area contributed by atoms with E-state index in [4.69, 9.17) is 5.14 Å². The van der Waals surface area contributed by atoms with E-state index in [0.29, 0.717) is 0 Å². The van der Waals surface area contributed by atoms with Gasteiger partial charge in [0, 0.05) is 5.56 Å². The molecule has 0 saturated carbocycles. The molecule has 0 aliphatic carbocycles. The van der Waals surface area contributed by atoms with Gasteiger partial charge in [0.05, 0.1) is 11.4 Å². The molecule has 0 saturated heterocycles. The van der Waals surface area contributed by atoms with Crippen molar-refractivity contribution >= 4 is 15.9 Å². The minimum absolute atomic E-state index is 0.164. The molecule has 0 aliphatic heterocycles. The van der Waals surface area contributed by atoms with Crippen molar-refractivity contribution in [3.8, 4) is 0 Å². The number of hydrogen-bond donors (Lipinski definition) is 2. The van der Waals surface area contributed by atoms with Crippen LogP contribution in [-0.4, -0.2) is 33.2 Å². The number of hydrogen-bond acceptors (Lipinski definition) is 3. The average Bonchev–Trinajstić information content (AvgIpc) is 2.35. The molecule has 3 N–H and O–H groups in total. The van der Waals surface area contributed by atoms with E-state index in [2.05, 4.69) is 0 Å². The summed E-state index contributed by atoms with van der Waals surface area (Å²) < 4.78 is 70.8. The highest BCUT2D eigenvalue weighted by Gasteiger charge is 2.40. The Bertz CT molecular complexity index is 587. The topological polar surface area (TPSA) is 89.3 Å². The van der Waals surface area contributed by atoms with Crippen LogP contribution in [0, 0.1) is 0 Å². The van der Waals surface area contributed by atoms with Gasteiger partial charge in [0.2, 0.25) is 10.0 Å². The Labute approximate surface area is 111 Å². The highest BCUT2D eigenvalue weighted by Crippen LogP contribution is 2.21. The molecule has 0 heterocycles. The van der Waals surface area contributed by atoms with Crippen LogP contribution in [0.25, 0.3) is 0 Å². The molecule has 1 amide bonds. The lowest BCUT2D eigenvalue weighted by Gasteiger charge is -2.15. The molecule has 20 heavy (non-hydrogen) atoms. The number of amides is 1. The predicted molar refractivity (Wildman–Crippen MR) is 61.1 cm³/mol. The predicted octanol–water partition coefficient (Wildman–Crippen LogP) is 0.964. The summed E-state index contributed by atoms with van der Waals surface area (Å²) in [7, 11) is -3.94. The van der Waals surface area contributed by atoms with E-state index >= 15 is 0 Å². The summed E-state index contributed by atoms with van der Waals surface area (Å²) in [6.45, 7) is -1.53. The Morgan fingerprint density at radius 3 is 2.15 bits per heavy atom. The van der Waals surface area contributed by atoms with Crippen molar-refractivity contribution in [3.63, 3.8) is 0 Å². The molecular formula is C10H10F4N2O3S. The number of carbonyl (C=O) groups is 1. The van der Waals surface area contributed by atoms with Crippen LogP contribution in [0.5, 0.6) is 0 Å². The van der Waals surface area contributed by atoms with Gasteiger partial charge in [-0.25, -0.2) is 22.3 Å². The van der Waals surface area contributed by atoms with Crippen molar-refractivity contribution < 1.29 is 30.8 Å². The molecule has 5 nitrogen and oxygen atoms in total. The van der Waals surface area contributed by atoms with E-state index in [-0.39, 0.29) is 10.5 Å². The highest BCUT2D eigenvalue weighted by atomic mass is 32.2. The lowest BCUT2D eigenvalue weighted by molar-refractivity contribution is -0.123. The molecule has 0 atom stereocenters. The van der Waals surface area contributed by atoms with Gasteiger partial charge in [-0.3, -0.25) is 4.79 Å². The van der Waals surface area contributed by atoms with E-state index in [9.17, 15) is 30.8 Å². The molecular weight excluding hydrogens is 304 g/mol. The number of nitrogens with two attached hydrogens (primary N) is 1. The van der Waals surface area contributed by atoms with Gasteiger partial charge < -0.3 is 5.32 Å². The molecule has 112 valence electrons. The Hall–Kier alpha value is -1.68. The molecule has 1 rings (SSSR count). The van der Waals surface area contributed by atoms with Crippen LogP contribution in [-0.2, 0) is 10.0 Å². The standard InChI is InChI=1S/C10H10F4N2O3S/c11-9(12)10(13,14)5-16-8(17)6-1-3-7(4-2-6)20(15,18)19/h1-4,9H,5H2,(H,16,17)(H2,15,18,19). The third-order valence-corrected chi connectivity index (χ3v) is 3.18. The van der Waals surface area contributed by atoms with Gasteiger partial charge in [-0.15, -0.1) is 0 Å². The zero-order chi connectivity index (χ0) is 15.6. The first kappa shape index (κ1) is 16.4. The minimum Gasteiger partial charge on any atom is -0.346 e. The molecule has 0 radical (unpaired) electrons. The van der Waals surface area contributed by atoms with Crippen LogP contribution in [0.3, 0.4) is 0 Å². The fourth-order valence-electron chi connectivity index (χ4n) is 1.17. The molecule has 0 aromatic heterocycles. The van der Waals surface area contributed by atoms with Gasteiger partial charge in [-0.05, 0) is 24.3 Å². The van der Waals surface area contributed by atoms with E-state index in [1.807, 2.05) is 0 Å². The van der Waals surface area contributed by atoms with Crippen molar-refractivity contribution in [1.82, 2.24) is 5.32 Å². The Morgan fingerprint density at radius 1 is 1.25 bits per heavy atom. The molecule has 0 aliphatic rings. The normalized spacial score (nSPS) is 12.5. The molecule has 0 unspecified atom stereocenters. The monoisotopic (exact) mass is 314 g/mol. The Balaban J connectivity index is 2.75. The van der Waals surface area contributed by atoms with E-state index in [1.165, 1.54) is 0 Å². The van der Waals surface area contributed by atoms with Crippen molar-refractivity contribution in [3.05, 3.63) is 29.8 Å². The van der Waals surface area contributed by atoms with Crippen LogP contribution in [0.15, 0.2) is 29.2 Å². The first-order valence-corrected chi connectivity index (χ1v) is 6.66. The van der Waals surface area contributed by atoms with Crippen LogP contribution < -0.4 is 10.5 Å². The van der Waals surface area contributed by atoms with Crippen LogP contribution in [0.1, 0.15) is 10.4 Å². The van der Waals surface area contributed by atoms with Gasteiger partial charge in [0.1, 0.15) is 0 Å². The van der Waals surface area contributed by atoms with Gasteiger partial charge in [0.25, 0.3) is 5.91 Å². The third-order valence-electron chi connectivity index (χ3n) is 2.25. The Morgan fingerprint density at radius 2 is 1.75 bits per heavy atom. The summed E-state index contributed by atoms with van der Waals surface area (Å²) in [5.41, 5.74) is -0.164. The largest absolute Gasteiger partial charge is 0.346 e. The summed E-state index contributed by atoms with van der Waals surface area (Å²) in [6.07, 6.45) is -3.90. The number of benzene rings is 1. The number of alkyl halides is 4. The van der Waals surface area contributed by atoms with Crippen molar-refractivity contribution in [2.45, 2.75) is 17.2 Å². The molecule has 0 fully saturated rings. The van der Waals surface area contributed by atoms with Crippen molar-refractivity contribution in [1.29, 1.82) is 0 Å². The lowest BCUT2D eigenvalue weighted by atomic mass is 10.2. The minimum atomic E-state index is -4.34. The second-order valence-corrected chi connectivity index (χ2v) is 5.38. The summed E-state index contributed by atoms with van der Waals surface area (Å²) >= 11 is 0. The second-order valence-electron chi connectivity index (χ2n) is 3.81. The molecule has 0 bridgehead atoms. The fourth-order valence-corrected chi connectivity index (χ4v) is 1.69. The van der Waals surface area contributed by atoms with Gasteiger partial charge in [-0.1, -0.05) is 0 Å². The van der Waals surface area contributed by atoms with E-state index < -0.39 is 34.8 Å². The number of carbonyl (C=O) groups excluding carboxylic acids is 1. The SMILES string of the molecule is NS(=O)(=O)c1ccc(C(=O)NCC(F)(F)C(F)F)cc1. The van der Waals surface area contributed by atoms with Crippen molar-refractivity contribution in [2.75, 3.05) is 6.54 Å². The third kappa shape index (κ3) is 4.17. The smallest absolute Gasteiger partial charge is 0.324 e. The molecule has 0 spiro atoms. The van der Waals surface area contributed by atoms with Crippen LogP contribution >= 0.6 is 0 Å². The Kier molecular flexibility index (Phi) is 4.71. The van der Waals surface area contributed by atoms with Gasteiger partial charge >= 0.3 is 12.3 Å². The molecule has 1 aromatic rings. The van der Waals surface area contributed by atoms with E-state index in [1.54, 1.807) is 5.32 Å². The molecule has 10 heteroatoms. The van der Waals surface area contributed by atoms with Crippen LogP contribution in [0.4, 0.5) is 17.6 Å². The fraction of sp³-hybridized carbons (Fsp3) is 0.300. The molecule has 1 aromatic carbocycles. The summed E-state index contributed by atoms with van der Waals surface area (Å²) in [4.78, 5) is 11.1. The maximum atomic E-state index is 12.6. The average molecular weight is 314 g/mol. The first-order valence-electron chi connectivity index (χ1n) is 5.11. The lowest BCUT2D eigenvalue weighted by Crippen LogP contribution is -2.41. The summed E-state index contributed by atoms with van der Waals surface area (Å²) in [5.74, 6) is -5.37. The summed E-state index contributed by atoms with van der Waals surface area (Å²) in [6, 6.07) is 4.04. The first-order chi connectivity index (χ1) is 9.04. The number of sulfonamides is 1. The maximum Gasteiger partial charge on any atom is 0.324 e.